The van der Waals surface area contributed by atoms with Gasteiger partial charge in [0.2, 0.25) is 0 Å². The van der Waals surface area contributed by atoms with E-state index in [-0.39, 0.29) is 40.4 Å². The maximum Gasteiger partial charge on any atom is 0.316 e. The lowest BCUT2D eigenvalue weighted by Crippen LogP contribution is -2.66. The van der Waals surface area contributed by atoms with Gasteiger partial charge in [0, 0.05) is 0 Å². The monoisotopic (exact) mass is 560 g/mol. The highest BCUT2D eigenvalue weighted by atomic mass is 27.0. The Morgan fingerprint density at radius 3 is 1.33 bits per heavy atom. The fourth-order valence-corrected chi connectivity index (χ4v) is 4.06. The number of aliphatic hydroxyl groups excluding tert-OH is 11. The second-order valence-electron chi connectivity index (χ2n) is 8.33. The summed E-state index contributed by atoms with van der Waals surface area (Å²) in [6.07, 6.45) is -25.1. The third-order valence-corrected chi connectivity index (χ3v) is 6.09. The van der Waals surface area contributed by atoms with Crippen LogP contribution in [-0.4, -0.2) is 209 Å². The Morgan fingerprint density at radius 1 is 0.472 bits per heavy atom. The summed E-state index contributed by atoms with van der Waals surface area (Å²) in [6, 6.07) is 0. The average Bonchev–Trinajstić information content (AvgIpc) is 2.83. The lowest BCUT2D eigenvalue weighted by Gasteiger charge is -2.47. The van der Waals surface area contributed by atoms with Crippen LogP contribution in [0, 0.1) is 0 Å². The molecular weight excluding hydrogens is 523 g/mol. The molecule has 15 atom stereocenters. The van der Waals surface area contributed by atoms with Gasteiger partial charge in [-0.3, -0.25) is 0 Å². The molecule has 3 aliphatic rings. The average molecular weight is 561 g/mol. The van der Waals surface area contributed by atoms with Crippen molar-refractivity contribution in [3.63, 3.8) is 0 Å². The minimum absolute atomic E-state index is 0. The largest absolute Gasteiger partial charge is 0.394 e. The van der Waals surface area contributed by atoms with Gasteiger partial charge < -0.3 is 79.9 Å². The SMILES string of the molecule is OCC1OC(OC2C(CO)OC(OC3C(CO)OC(O)C(O)C3O)C(O)C2O)C(O)C(O)C1O.[AlH3].[MgH2]. The standard InChI is InChI=1S/C18H32O16.Al.Mg.5H/c19-1-4-7(22)8(23)12(27)17(31-4)34-15-6(3-21)32-18(13(28)10(15)25)33-14-5(2-20)30-16(29)11(26)9(14)24;;;;;;;/h4-29H,1-3H2;;;;;;;. The van der Waals surface area contributed by atoms with E-state index in [1.165, 1.54) is 0 Å². The van der Waals surface area contributed by atoms with E-state index < -0.39 is 112 Å². The van der Waals surface area contributed by atoms with E-state index in [0.717, 1.165) is 0 Å². The van der Waals surface area contributed by atoms with Crippen LogP contribution in [0.1, 0.15) is 0 Å². The molecule has 0 aliphatic carbocycles. The second-order valence-corrected chi connectivity index (χ2v) is 8.33. The fourth-order valence-electron chi connectivity index (χ4n) is 4.06. The summed E-state index contributed by atoms with van der Waals surface area (Å²) in [5, 5.41) is 109. The topological polar surface area (TPSA) is 269 Å². The van der Waals surface area contributed by atoms with Gasteiger partial charge in [0.1, 0.15) is 73.2 Å². The zero-order chi connectivity index (χ0) is 25.3. The predicted molar refractivity (Wildman–Crippen MR) is 120 cm³/mol. The van der Waals surface area contributed by atoms with Crippen LogP contribution in [0.3, 0.4) is 0 Å². The number of hydrogen-bond acceptors (Lipinski definition) is 16. The molecule has 0 aromatic rings. The first-order valence-electron chi connectivity index (χ1n) is 10.6. The molecule has 0 bridgehead atoms. The number of hydrogen-bond donors (Lipinski definition) is 11. The summed E-state index contributed by atoms with van der Waals surface area (Å²) in [4.78, 5) is 0. The van der Waals surface area contributed by atoms with Crippen molar-refractivity contribution in [2.75, 3.05) is 19.8 Å². The number of aliphatic hydroxyl groups is 11. The Bertz CT molecular complexity index is 648. The van der Waals surface area contributed by atoms with E-state index in [1.54, 1.807) is 0 Å². The van der Waals surface area contributed by atoms with Gasteiger partial charge in [-0.25, -0.2) is 0 Å². The molecule has 36 heavy (non-hydrogen) atoms. The molecule has 0 aromatic heterocycles. The summed E-state index contributed by atoms with van der Waals surface area (Å²) in [5.74, 6) is 0. The highest BCUT2D eigenvalue weighted by molar-refractivity contribution is 5.76. The lowest BCUT2D eigenvalue weighted by atomic mass is 9.96. The van der Waals surface area contributed by atoms with Crippen molar-refractivity contribution in [3.05, 3.63) is 0 Å². The van der Waals surface area contributed by atoms with Gasteiger partial charge in [-0.05, 0) is 0 Å². The molecule has 3 saturated heterocycles. The molecule has 18 heteroatoms. The van der Waals surface area contributed by atoms with Crippen molar-refractivity contribution in [2.45, 2.75) is 92.1 Å². The Labute approximate surface area is 231 Å². The van der Waals surface area contributed by atoms with Crippen molar-refractivity contribution < 1.29 is 79.9 Å². The van der Waals surface area contributed by atoms with E-state index in [1.807, 2.05) is 0 Å². The normalized spacial score (nSPS) is 49.6. The third kappa shape index (κ3) is 7.04. The molecular formula is C18H37AlMgO16. The fraction of sp³-hybridized carbons (Fsp3) is 1.00. The van der Waals surface area contributed by atoms with E-state index in [9.17, 15) is 56.2 Å². The zero-order valence-corrected chi connectivity index (χ0v) is 17.7. The Hall–Kier alpha value is 0.659. The maximum absolute atomic E-state index is 10.6. The Balaban J connectivity index is 0.00000324. The lowest BCUT2D eigenvalue weighted by molar-refractivity contribution is -0.377. The van der Waals surface area contributed by atoms with Crippen molar-refractivity contribution >= 4 is 40.4 Å². The maximum atomic E-state index is 10.6. The third-order valence-electron chi connectivity index (χ3n) is 6.09. The van der Waals surface area contributed by atoms with Crippen molar-refractivity contribution in [1.29, 1.82) is 0 Å². The summed E-state index contributed by atoms with van der Waals surface area (Å²) in [6.45, 7) is -2.32. The van der Waals surface area contributed by atoms with Crippen LogP contribution in [0.15, 0.2) is 0 Å². The molecule has 3 fully saturated rings. The van der Waals surface area contributed by atoms with Crippen molar-refractivity contribution in [1.82, 2.24) is 0 Å². The van der Waals surface area contributed by atoms with Gasteiger partial charge in [0.15, 0.2) is 36.2 Å². The first-order chi connectivity index (χ1) is 16.0. The number of ether oxygens (including phenoxy) is 5. The molecule has 15 unspecified atom stereocenters. The van der Waals surface area contributed by atoms with Gasteiger partial charge in [-0.1, -0.05) is 0 Å². The molecule has 0 spiro atoms. The van der Waals surface area contributed by atoms with E-state index in [2.05, 4.69) is 0 Å². The zero-order valence-electron chi connectivity index (χ0n) is 17.7. The van der Waals surface area contributed by atoms with Crippen LogP contribution in [0.4, 0.5) is 0 Å². The van der Waals surface area contributed by atoms with Gasteiger partial charge in [0.25, 0.3) is 0 Å². The first kappa shape index (κ1) is 34.7. The number of rotatable bonds is 7. The van der Waals surface area contributed by atoms with Crippen LogP contribution < -0.4 is 0 Å². The van der Waals surface area contributed by atoms with Gasteiger partial charge in [-0.15, -0.1) is 0 Å². The van der Waals surface area contributed by atoms with Gasteiger partial charge in [-0.2, -0.15) is 0 Å². The molecule has 3 rings (SSSR count). The first-order valence-corrected chi connectivity index (χ1v) is 10.6. The molecule has 11 N–H and O–H groups in total. The molecule has 210 valence electrons. The van der Waals surface area contributed by atoms with Crippen LogP contribution in [0.25, 0.3) is 0 Å². The summed E-state index contributed by atoms with van der Waals surface area (Å²) < 4.78 is 26.4. The van der Waals surface area contributed by atoms with Crippen LogP contribution >= 0.6 is 0 Å². The highest BCUT2D eigenvalue weighted by Gasteiger charge is 2.53. The van der Waals surface area contributed by atoms with Crippen LogP contribution in [0.5, 0.6) is 0 Å². The highest BCUT2D eigenvalue weighted by Crippen LogP contribution is 2.32. The quantitative estimate of drug-likeness (QED) is 0.129. The molecule has 0 amide bonds. The summed E-state index contributed by atoms with van der Waals surface area (Å²) in [7, 11) is 0. The van der Waals surface area contributed by atoms with Crippen molar-refractivity contribution in [2.24, 2.45) is 0 Å². The van der Waals surface area contributed by atoms with E-state index >= 15 is 0 Å². The van der Waals surface area contributed by atoms with E-state index in [0.29, 0.717) is 0 Å². The van der Waals surface area contributed by atoms with Crippen LogP contribution in [-0.2, 0) is 23.7 Å². The Kier molecular flexibility index (Phi) is 14.3. The predicted octanol–water partition coefficient (Wildman–Crippen LogP) is -9.67. The van der Waals surface area contributed by atoms with Gasteiger partial charge >= 0.3 is 23.1 Å². The Morgan fingerprint density at radius 2 is 0.861 bits per heavy atom. The molecule has 3 heterocycles. The molecule has 3 aliphatic heterocycles. The van der Waals surface area contributed by atoms with Crippen LogP contribution in [0.2, 0.25) is 0 Å². The molecule has 0 radical (unpaired) electrons. The smallest absolute Gasteiger partial charge is 0.316 e. The molecule has 0 aromatic carbocycles. The van der Waals surface area contributed by atoms with Gasteiger partial charge in [0.05, 0.1) is 19.8 Å². The molecule has 16 nitrogen and oxygen atoms in total. The van der Waals surface area contributed by atoms with E-state index in [4.69, 9.17) is 23.7 Å². The second kappa shape index (κ2) is 14.9. The molecule has 0 saturated carbocycles. The summed E-state index contributed by atoms with van der Waals surface area (Å²) >= 11 is 0. The van der Waals surface area contributed by atoms with Crippen molar-refractivity contribution in [3.8, 4) is 0 Å². The minimum Gasteiger partial charge on any atom is -0.394 e. The minimum atomic E-state index is -1.91. The summed E-state index contributed by atoms with van der Waals surface area (Å²) in [5.41, 5.74) is 0.